The van der Waals surface area contributed by atoms with Crippen molar-refractivity contribution in [1.82, 2.24) is 19.8 Å². The topological polar surface area (TPSA) is 73.6 Å². The van der Waals surface area contributed by atoms with Crippen LogP contribution >= 0.6 is 0 Å². The van der Waals surface area contributed by atoms with Crippen LogP contribution in [0, 0.1) is 0 Å². The lowest BCUT2D eigenvalue weighted by atomic mass is 10.1. The molecule has 1 aromatic carbocycles. The number of nitrogens with zero attached hydrogens (tertiary/aromatic N) is 4. The molecule has 9 heteroatoms. The van der Waals surface area contributed by atoms with Crippen LogP contribution in [0.2, 0.25) is 0 Å². The second kappa shape index (κ2) is 7.29. The Morgan fingerprint density at radius 3 is 2.60 bits per heavy atom. The van der Waals surface area contributed by atoms with Gasteiger partial charge in [-0.1, -0.05) is 6.07 Å². The minimum Gasteiger partial charge on any atom is -0.493 e. The Balaban J connectivity index is 1.67. The van der Waals surface area contributed by atoms with Gasteiger partial charge in [-0.25, -0.2) is 8.78 Å². The molecule has 0 aliphatic carbocycles. The van der Waals surface area contributed by atoms with Crippen molar-refractivity contribution in [3.8, 4) is 11.5 Å². The van der Waals surface area contributed by atoms with Gasteiger partial charge in [0.05, 0.1) is 14.2 Å². The summed E-state index contributed by atoms with van der Waals surface area (Å²) < 4.78 is 37.2. The summed E-state index contributed by atoms with van der Waals surface area (Å²) in [5.41, 5.74) is 1.32. The Hall–Kier alpha value is -2.97. The summed E-state index contributed by atoms with van der Waals surface area (Å²) in [6, 6.07) is 8.93. The Morgan fingerprint density at radius 1 is 1.08 bits per heavy atom. The number of ether oxygens (including phenoxy) is 2. The van der Waals surface area contributed by atoms with Crippen LogP contribution in [0.3, 0.4) is 0 Å². The van der Waals surface area contributed by atoms with Crippen molar-refractivity contribution in [3.63, 3.8) is 0 Å². The van der Waals surface area contributed by atoms with E-state index in [1.807, 2.05) is 18.2 Å². The molecule has 0 atom stereocenters. The normalized spacial score (nSPS) is 11.1. The number of hydrogen-bond acceptors (Lipinski definition) is 6. The van der Waals surface area contributed by atoms with E-state index in [-0.39, 0.29) is 5.65 Å². The predicted molar refractivity (Wildman–Crippen MR) is 87.5 cm³/mol. The average molecular weight is 349 g/mol. The lowest BCUT2D eigenvalue weighted by molar-refractivity contribution is 0.137. The number of hydrogen-bond donors (Lipinski definition) is 1. The summed E-state index contributed by atoms with van der Waals surface area (Å²) in [5.74, 6) is 1.32. The van der Waals surface area contributed by atoms with E-state index < -0.39 is 12.2 Å². The van der Waals surface area contributed by atoms with E-state index in [4.69, 9.17) is 9.47 Å². The third-order valence-electron chi connectivity index (χ3n) is 3.65. The molecule has 0 fully saturated rings. The van der Waals surface area contributed by atoms with Crippen molar-refractivity contribution in [1.29, 1.82) is 0 Å². The molecule has 0 spiro atoms. The summed E-state index contributed by atoms with van der Waals surface area (Å²) in [6.07, 6.45) is -2.03. The highest BCUT2D eigenvalue weighted by Gasteiger charge is 2.16. The monoisotopic (exact) mass is 349 g/mol. The maximum absolute atomic E-state index is 12.9. The smallest absolute Gasteiger partial charge is 0.299 e. The Kier molecular flexibility index (Phi) is 4.92. The van der Waals surface area contributed by atoms with Gasteiger partial charge in [0.2, 0.25) is 5.82 Å². The van der Waals surface area contributed by atoms with Gasteiger partial charge in [-0.2, -0.15) is 4.52 Å². The predicted octanol–water partition coefficient (Wildman–Crippen LogP) is 2.73. The lowest BCUT2D eigenvalue weighted by Crippen LogP contribution is -2.09. The van der Waals surface area contributed by atoms with Gasteiger partial charge in [-0.05, 0) is 36.2 Å². The number of benzene rings is 1. The van der Waals surface area contributed by atoms with Crippen molar-refractivity contribution in [2.75, 3.05) is 26.1 Å². The summed E-state index contributed by atoms with van der Waals surface area (Å²) >= 11 is 0. The molecule has 0 aliphatic heterocycles. The number of methoxy groups -OCH3 is 2. The quantitative estimate of drug-likeness (QED) is 0.707. The van der Waals surface area contributed by atoms with E-state index in [2.05, 4.69) is 20.6 Å². The minimum absolute atomic E-state index is 0.278. The molecule has 0 radical (unpaired) electrons. The van der Waals surface area contributed by atoms with Crippen LogP contribution in [0.15, 0.2) is 30.3 Å². The fourth-order valence-electron chi connectivity index (χ4n) is 2.41. The molecule has 0 bridgehead atoms. The van der Waals surface area contributed by atoms with E-state index >= 15 is 0 Å². The van der Waals surface area contributed by atoms with E-state index in [0.29, 0.717) is 30.3 Å². The number of alkyl halides is 2. The summed E-state index contributed by atoms with van der Waals surface area (Å²) in [5, 5.41) is 14.3. The standard InChI is InChI=1S/C16H17F2N5O2/c1-24-11-4-3-10(9-12(11)25-2)7-8-19-13-5-6-14-20-21-16(15(17)18)23(14)22-13/h3-6,9,15H,7-8H2,1-2H3,(H,19,22). The Bertz CT molecular complexity index is 869. The molecule has 0 saturated heterocycles. The first-order chi connectivity index (χ1) is 12.1. The number of halogens is 2. The highest BCUT2D eigenvalue weighted by Crippen LogP contribution is 2.27. The van der Waals surface area contributed by atoms with E-state index in [0.717, 1.165) is 10.1 Å². The zero-order chi connectivity index (χ0) is 17.8. The number of anilines is 1. The fourth-order valence-corrected chi connectivity index (χ4v) is 2.41. The molecule has 2 heterocycles. The molecule has 3 aromatic rings. The average Bonchev–Trinajstić information content (AvgIpc) is 3.05. The molecule has 3 rings (SSSR count). The van der Waals surface area contributed by atoms with E-state index in [1.54, 1.807) is 26.4 Å². The van der Waals surface area contributed by atoms with Gasteiger partial charge in [0.25, 0.3) is 6.43 Å². The number of rotatable bonds is 7. The Labute approximate surface area is 142 Å². The van der Waals surface area contributed by atoms with E-state index in [1.165, 1.54) is 0 Å². The van der Waals surface area contributed by atoms with Crippen molar-refractivity contribution >= 4 is 11.5 Å². The van der Waals surface area contributed by atoms with Crippen LogP contribution in [0.4, 0.5) is 14.6 Å². The van der Waals surface area contributed by atoms with Crippen molar-refractivity contribution < 1.29 is 18.3 Å². The molecule has 132 valence electrons. The van der Waals surface area contributed by atoms with Gasteiger partial charge >= 0.3 is 0 Å². The van der Waals surface area contributed by atoms with Crippen molar-refractivity contribution in [3.05, 3.63) is 41.7 Å². The first-order valence-corrected chi connectivity index (χ1v) is 7.57. The summed E-state index contributed by atoms with van der Waals surface area (Å²) in [6.45, 7) is 0.570. The van der Waals surface area contributed by atoms with Gasteiger partial charge in [-0.15, -0.1) is 15.3 Å². The molecular formula is C16H17F2N5O2. The molecule has 0 aliphatic rings. The van der Waals surface area contributed by atoms with Crippen molar-refractivity contribution in [2.24, 2.45) is 0 Å². The summed E-state index contributed by atoms with van der Waals surface area (Å²) in [7, 11) is 3.16. The number of nitrogens with one attached hydrogen (secondary N) is 1. The lowest BCUT2D eigenvalue weighted by Gasteiger charge is -2.10. The second-order valence-corrected chi connectivity index (χ2v) is 5.21. The van der Waals surface area contributed by atoms with Crippen LogP contribution in [-0.2, 0) is 6.42 Å². The molecule has 7 nitrogen and oxygen atoms in total. The first-order valence-electron chi connectivity index (χ1n) is 7.57. The molecule has 1 N–H and O–H groups in total. The van der Waals surface area contributed by atoms with Crippen molar-refractivity contribution in [2.45, 2.75) is 12.8 Å². The molecule has 25 heavy (non-hydrogen) atoms. The molecule has 0 saturated carbocycles. The fraction of sp³-hybridized carbons (Fsp3) is 0.312. The highest BCUT2D eigenvalue weighted by atomic mass is 19.3. The first kappa shape index (κ1) is 16.9. The third-order valence-corrected chi connectivity index (χ3v) is 3.65. The van der Waals surface area contributed by atoms with Crippen LogP contribution in [0.5, 0.6) is 11.5 Å². The highest BCUT2D eigenvalue weighted by molar-refractivity contribution is 5.45. The molecule has 2 aromatic heterocycles. The molecular weight excluding hydrogens is 332 g/mol. The maximum atomic E-state index is 12.9. The van der Waals surface area contributed by atoms with Crippen LogP contribution in [0.1, 0.15) is 17.8 Å². The van der Waals surface area contributed by atoms with Gasteiger partial charge in [0.15, 0.2) is 17.1 Å². The second-order valence-electron chi connectivity index (χ2n) is 5.21. The number of fused-ring (bicyclic) bond motifs is 1. The van der Waals surface area contributed by atoms with Gasteiger partial charge in [0.1, 0.15) is 5.82 Å². The van der Waals surface area contributed by atoms with Crippen LogP contribution < -0.4 is 14.8 Å². The summed E-state index contributed by atoms with van der Waals surface area (Å²) in [4.78, 5) is 0. The largest absolute Gasteiger partial charge is 0.493 e. The third kappa shape index (κ3) is 3.59. The Morgan fingerprint density at radius 2 is 1.88 bits per heavy atom. The van der Waals surface area contributed by atoms with Gasteiger partial charge in [0, 0.05) is 6.54 Å². The molecule has 0 unspecified atom stereocenters. The van der Waals surface area contributed by atoms with Crippen LogP contribution in [-0.4, -0.2) is 40.6 Å². The van der Waals surface area contributed by atoms with Crippen LogP contribution in [0.25, 0.3) is 5.65 Å². The number of aromatic nitrogens is 4. The van der Waals surface area contributed by atoms with E-state index in [9.17, 15) is 8.78 Å². The molecule has 0 amide bonds. The SMILES string of the molecule is COc1ccc(CCNc2ccc3nnc(C(F)F)n3n2)cc1OC. The zero-order valence-corrected chi connectivity index (χ0v) is 13.7. The van der Waals surface area contributed by atoms with Gasteiger partial charge in [-0.3, -0.25) is 0 Å². The minimum atomic E-state index is -2.73. The zero-order valence-electron chi connectivity index (χ0n) is 13.7. The maximum Gasteiger partial charge on any atom is 0.299 e. The van der Waals surface area contributed by atoms with Gasteiger partial charge < -0.3 is 14.8 Å².